The van der Waals surface area contributed by atoms with Gasteiger partial charge in [0.25, 0.3) is 0 Å². The third-order valence-electron chi connectivity index (χ3n) is 5.15. The van der Waals surface area contributed by atoms with Crippen LogP contribution in [0.25, 0.3) is 0 Å². The summed E-state index contributed by atoms with van der Waals surface area (Å²) in [6.07, 6.45) is 2.38. The summed E-state index contributed by atoms with van der Waals surface area (Å²) in [5.41, 5.74) is 1.53. The van der Waals surface area contributed by atoms with Crippen LogP contribution in [0.5, 0.6) is 5.75 Å². The second-order valence-electron chi connectivity index (χ2n) is 8.00. The number of likely N-dealkylation sites (tertiary alicyclic amines) is 1. The number of rotatable bonds is 6. The van der Waals surface area contributed by atoms with E-state index in [9.17, 15) is 0 Å². The van der Waals surface area contributed by atoms with Crippen molar-refractivity contribution in [1.82, 2.24) is 10.2 Å². The Morgan fingerprint density at radius 3 is 2.93 bits per heavy atom. The number of hydrogen-bond donors (Lipinski definition) is 1. The van der Waals surface area contributed by atoms with Gasteiger partial charge in [0.05, 0.1) is 19.8 Å². The molecule has 1 spiro atoms. The molecule has 1 N–H and O–H groups in total. The van der Waals surface area contributed by atoms with Crippen molar-refractivity contribution in [2.75, 3.05) is 39.5 Å². The Labute approximate surface area is 180 Å². The van der Waals surface area contributed by atoms with Gasteiger partial charge in [-0.25, -0.2) is 4.99 Å². The predicted molar refractivity (Wildman–Crippen MR) is 121 cm³/mol. The van der Waals surface area contributed by atoms with E-state index in [1.54, 1.807) is 0 Å². The molecule has 0 radical (unpaired) electrons. The fraction of sp³-hybridized carbons (Fsp3) is 0.667. The number of aliphatic imine (C=N–C) groups is 1. The average molecular weight is 487 g/mol. The summed E-state index contributed by atoms with van der Waals surface area (Å²) >= 11 is 0. The van der Waals surface area contributed by atoms with E-state index in [4.69, 9.17) is 14.5 Å². The molecular weight excluding hydrogens is 453 g/mol. The summed E-state index contributed by atoms with van der Waals surface area (Å²) < 4.78 is 11.5. The van der Waals surface area contributed by atoms with Gasteiger partial charge < -0.3 is 19.7 Å². The van der Waals surface area contributed by atoms with Crippen molar-refractivity contribution >= 4 is 29.9 Å². The molecule has 152 valence electrons. The van der Waals surface area contributed by atoms with Crippen LogP contribution in [0.15, 0.2) is 29.3 Å². The minimum absolute atomic E-state index is 0. The molecule has 1 atom stereocenters. The van der Waals surface area contributed by atoms with Crippen molar-refractivity contribution in [2.45, 2.75) is 40.2 Å². The third kappa shape index (κ3) is 6.24. The molecule has 0 aliphatic carbocycles. The zero-order valence-electron chi connectivity index (χ0n) is 16.9. The summed E-state index contributed by atoms with van der Waals surface area (Å²) in [5.74, 6) is 2.48. The van der Waals surface area contributed by atoms with Crippen LogP contribution in [0.4, 0.5) is 0 Å². The van der Waals surface area contributed by atoms with Gasteiger partial charge in [-0.2, -0.15) is 0 Å². The molecule has 0 amide bonds. The first-order chi connectivity index (χ1) is 12.6. The van der Waals surface area contributed by atoms with Crippen molar-refractivity contribution < 1.29 is 9.47 Å². The minimum Gasteiger partial charge on any atom is -0.493 e. The molecule has 2 aliphatic heterocycles. The zero-order valence-corrected chi connectivity index (χ0v) is 19.2. The van der Waals surface area contributed by atoms with Crippen LogP contribution in [0, 0.1) is 11.3 Å². The molecule has 2 fully saturated rings. The molecule has 27 heavy (non-hydrogen) atoms. The Bertz CT molecular complexity index is 615. The molecule has 1 unspecified atom stereocenters. The van der Waals surface area contributed by atoms with Crippen LogP contribution in [-0.2, 0) is 11.3 Å². The zero-order chi connectivity index (χ0) is 18.4. The Morgan fingerprint density at radius 1 is 1.37 bits per heavy atom. The lowest BCUT2D eigenvalue weighted by Crippen LogP contribution is -2.41. The number of benzene rings is 1. The fourth-order valence-electron chi connectivity index (χ4n) is 3.68. The second-order valence-corrected chi connectivity index (χ2v) is 8.00. The molecule has 1 aromatic rings. The number of halogens is 1. The summed E-state index contributed by atoms with van der Waals surface area (Å²) in [4.78, 5) is 7.29. The number of guanidine groups is 1. The molecule has 2 heterocycles. The predicted octanol–water partition coefficient (Wildman–Crippen LogP) is 3.92. The van der Waals surface area contributed by atoms with Crippen molar-refractivity contribution in [3.63, 3.8) is 0 Å². The van der Waals surface area contributed by atoms with Crippen molar-refractivity contribution in [1.29, 1.82) is 0 Å². The van der Waals surface area contributed by atoms with E-state index in [-0.39, 0.29) is 24.0 Å². The second kappa shape index (κ2) is 10.5. The highest BCUT2D eigenvalue weighted by Gasteiger charge is 2.42. The average Bonchev–Trinajstić information content (AvgIpc) is 3.27. The van der Waals surface area contributed by atoms with Gasteiger partial charge in [-0.3, -0.25) is 0 Å². The normalized spacial score (nSPS) is 22.4. The molecule has 6 heteroatoms. The van der Waals surface area contributed by atoms with Crippen LogP contribution in [0.2, 0.25) is 0 Å². The number of ether oxygens (including phenoxy) is 2. The lowest BCUT2D eigenvalue weighted by molar-refractivity contribution is 0.156. The first kappa shape index (κ1) is 22.3. The van der Waals surface area contributed by atoms with Gasteiger partial charge in [-0.05, 0) is 43.4 Å². The van der Waals surface area contributed by atoms with E-state index in [0.29, 0.717) is 17.9 Å². The quantitative estimate of drug-likeness (QED) is 0.376. The number of nitrogens with one attached hydrogen (secondary N) is 1. The molecule has 1 aromatic carbocycles. The lowest BCUT2D eigenvalue weighted by Gasteiger charge is -2.25. The van der Waals surface area contributed by atoms with Gasteiger partial charge in [-0.15, -0.1) is 24.0 Å². The monoisotopic (exact) mass is 487 g/mol. The van der Waals surface area contributed by atoms with Crippen LogP contribution >= 0.6 is 24.0 Å². The Kier molecular flexibility index (Phi) is 8.66. The Balaban J connectivity index is 0.00000261. The maximum Gasteiger partial charge on any atom is 0.194 e. The summed E-state index contributed by atoms with van der Waals surface area (Å²) in [7, 11) is 0. The van der Waals surface area contributed by atoms with E-state index in [1.807, 2.05) is 12.1 Å². The maximum atomic E-state index is 5.84. The van der Waals surface area contributed by atoms with Crippen LogP contribution in [-0.4, -0.2) is 50.3 Å². The van der Waals surface area contributed by atoms with E-state index in [0.717, 1.165) is 51.2 Å². The van der Waals surface area contributed by atoms with Crippen molar-refractivity contribution in [3.05, 3.63) is 29.8 Å². The van der Waals surface area contributed by atoms with Gasteiger partial charge >= 0.3 is 0 Å². The van der Waals surface area contributed by atoms with Gasteiger partial charge in [0, 0.05) is 31.7 Å². The highest BCUT2D eigenvalue weighted by Crippen LogP contribution is 2.38. The number of nitrogens with zero attached hydrogens (tertiary/aromatic N) is 2. The first-order valence-corrected chi connectivity index (χ1v) is 9.93. The lowest BCUT2D eigenvalue weighted by atomic mass is 9.87. The van der Waals surface area contributed by atoms with Crippen molar-refractivity contribution in [3.8, 4) is 5.75 Å². The number of hydrogen-bond acceptors (Lipinski definition) is 3. The maximum absolute atomic E-state index is 5.84. The molecule has 3 rings (SSSR count). The standard InChI is InChI=1S/C21H33N3O2.HI/c1-4-22-20(24-10-8-21(15-24)9-11-25-16-21)23-13-18-6-5-7-19(12-18)26-14-17(2)3;/h5-7,12,17H,4,8-11,13-16H2,1-3H3,(H,22,23);1H. The molecular formula is C21H34IN3O2. The van der Waals surface area contributed by atoms with Crippen molar-refractivity contribution in [2.24, 2.45) is 16.3 Å². The van der Waals surface area contributed by atoms with Gasteiger partial charge in [0.1, 0.15) is 5.75 Å². The van der Waals surface area contributed by atoms with E-state index < -0.39 is 0 Å². The molecule has 2 aliphatic rings. The Morgan fingerprint density at radius 2 is 2.22 bits per heavy atom. The highest BCUT2D eigenvalue weighted by atomic mass is 127. The highest BCUT2D eigenvalue weighted by molar-refractivity contribution is 14.0. The molecule has 0 bridgehead atoms. The molecule has 5 nitrogen and oxygen atoms in total. The van der Waals surface area contributed by atoms with Gasteiger partial charge in [0.15, 0.2) is 5.96 Å². The summed E-state index contributed by atoms with van der Waals surface area (Å²) in [5, 5.41) is 3.46. The summed E-state index contributed by atoms with van der Waals surface area (Å²) in [6.45, 7) is 12.7. The topological polar surface area (TPSA) is 46.1 Å². The van der Waals surface area contributed by atoms with E-state index >= 15 is 0 Å². The smallest absolute Gasteiger partial charge is 0.194 e. The molecule has 0 aromatic heterocycles. The van der Waals surface area contributed by atoms with E-state index in [1.165, 1.54) is 18.4 Å². The first-order valence-electron chi connectivity index (χ1n) is 9.93. The molecule has 2 saturated heterocycles. The fourth-order valence-corrected chi connectivity index (χ4v) is 3.68. The summed E-state index contributed by atoms with van der Waals surface area (Å²) in [6, 6.07) is 8.29. The van der Waals surface area contributed by atoms with E-state index in [2.05, 4.69) is 43.1 Å². The van der Waals surface area contributed by atoms with Crippen LogP contribution in [0.1, 0.15) is 39.2 Å². The van der Waals surface area contributed by atoms with Gasteiger partial charge in [-0.1, -0.05) is 26.0 Å². The molecule has 0 saturated carbocycles. The third-order valence-corrected chi connectivity index (χ3v) is 5.15. The van der Waals surface area contributed by atoms with Crippen LogP contribution < -0.4 is 10.1 Å². The van der Waals surface area contributed by atoms with Crippen LogP contribution in [0.3, 0.4) is 0 Å². The Hall–Kier alpha value is -1.02. The van der Waals surface area contributed by atoms with Gasteiger partial charge in [0.2, 0.25) is 0 Å². The SMILES string of the molecule is CCNC(=NCc1cccc(OCC(C)C)c1)N1CCC2(CCOC2)C1.I. The minimum atomic E-state index is 0. The largest absolute Gasteiger partial charge is 0.493 e.